The standard InChI is InChI=1S/C7H14N2O3/c1-8-7(10)6-5(3-12-6)9-4-11-2/h5-6,9H,3-4H2,1-2H3,(H,8,10)/t5-,6+/m1/s1. The molecule has 1 rings (SSSR count). The predicted octanol–water partition coefficient (Wildman–Crippen LogP) is -1.31. The second-order valence-electron chi connectivity index (χ2n) is 2.61. The first-order valence-electron chi connectivity index (χ1n) is 3.85. The maximum atomic E-state index is 11.1. The summed E-state index contributed by atoms with van der Waals surface area (Å²) in [6.45, 7) is 1.02. The smallest absolute Gasteiger partial charge is 0.250 e. The number of carbonyl (C=O) groups excluding carboxylic acids is 1. The second kappa shape index (κ2) is 4.39. The van der Waals surface area contributed by atoms with Gasteiger partial charge in [0.05, 0.1) is 19.4 Å². The number of likely N-dealkylation sites (N-methyl/N-ethyl adjacent to an activating group) is 1. The number of ether oxygens (including phenoxy) is 2. The van der Waals surface area contributed by atoms with Crippen LogP contribution in [0.5, 0.6) is 0 Å². The van der Waals surface area contributed by atoms with Gasteiger partial charge in [-0.25, -0.2) is 0 Å². The fraction of sp³-hybridized carbons (Fsp3) is 0.857. The van der Waals surface area contributed by atoms with Crippen molar-refractivity contribution in [2.45, 2.75) is 12.1 Å². The summed E-state index contributed by atoms with van der Waals surface area (Å²) in [6.07, 6.45) is -0.356. The minimum Gasteiger partial charge on any atom is -0.370 e. The number of hydrogen-bond donors (Lipinski definition) is 2. The first-order chi connectivity index (χ1) is 5.79. The monoisotopic (exact) mass is 174 g/mol. The van der Waals surface area contributed by atoms with Gasteiger partial charge in [-0.3, -0.25) is 10.1 Å². The highest BCUT2D eigenvalue weighted by Gasteiger charge is 2.36. The van der Waals surface area contributed by atoms with Crippen LogP contribution in [0.25, 0.3) is 0 Å². The van der Waals surface area contributed by atoms with Crippen molar-refractivity contribution in [3.8, 4) is 0 Å². The van der Waals surface area contributed by atoms with Crippen LogP contribution in [0, 0.1) is 0 Å². The van der Waals surface area contributed by atoms with Gasteiger partial charge in [0.1, 0.15) is 0 Å². The summed E-state index contributed by atoms with van der Waals surface area (Å²) in [5.74, 6) is -0.0881. The zero-order valence-electron chi connectivity index (χ0n) is 7.29. The molecule has 5 heteroatoms. The molecule has 0 bridgehead atoms. The SMILES string of the molecule is CNC(=O)[C@H]1OC[C@H]1NCOC. The van der Waals surface area contributed by atoms with E-state index in [1.165, 1.54) is 0 Å². The summed E-state index contributed by atoms with van der Waals surface area (Å²) in [6, 6.07) is 0.0879. The fourth-order valence-corrected chi connectivity index (χ4v) is 1.05. The Hall–Kier alpha value is -0.650. The molecular formula is C7H14N2O3. The lowest BCUT2D eigenvalue weighted by Crippen LogP contribution is -2.60. The van der Waals surface area contributed by atoms with Crippen molar-refractivity contribution in [3.05, 3.63) is 0 Å². The Morgan fingerprint density at radius 3 is 2.92 bits per heavy atom. The third kappa shape index (κ3) is 1.94. The lowest BCUT2D eigenvalue weighted by atomic mass is 10.1. The van der Waals surface area contributed by atoms with E-state index >= 15 is 0 Å². The van der Waals surface area contributed by atoms with Crippen LogP contribution in [-0.4, -0.2) is 45.5 Å². The summed E-state index contributed by atoms with van der Waals surface area (Å²) in [4.78, 5) is 11.1. The third-order valence-electron chi connectivity index (χ3n) is 1.82. The van der Waals surface area contributed by atoms with Crippen molar-refractivity contribution < 1.29 is 14.3 Å². The van der Waals surface area contributed by atoms with Crippen LogP contribution in [0.1, 0.15) is 0 Å². The summed E-state index contributed by atoms with van der Waals surface area (Å²) in [5, 5.41) is 5.55. The van der Waals surface area contributed by atoms with E-state index in [4.69, 9.17) is 9.47 Å². The van der Waals surface area contributed by atoms with Crippen molar-refractivity contribution in [1.82, 2.24) is 10.6 Å². The van der Waals surface area contributed by atoms with Crippen LogP contribution in [-0.2, 0) is 14.3 Å². The van der Waals surface area contributed by atoms with Crippen molar-refractivity contribution in [1.29, 1.82) is 0 Å². The van der Waals surface area contributed by atoms with Gasteiger partial charge in [0.15, 0.2) is 6.10 Å². The highest BCUT2D eigenvalue weighted by Crippen LogP contribution is 2.11. The number of amides is 1. The van der Waals surface area contributed by atoms with E-state index < -0.39 is 0 Å². The van der Waals surface area contributed by atoms with E-state index in [1.807, 2.05) is 0 Å². The third-order valence-corrected chi connectivity index (χ3v) is 1.82. The summed E-state index contributed by atoms with van der Waals surface area (Å²) < 4.78 is 9.87. The molecule has 0 aromatic carbocycles. The second-order valence-corrected chi connectivity index (χ2v) is 2.61. The molecule has 70 valence electrons. The molecule has 2 N–H and O–H groups in total. The summed E-state index contributed by atoms with van der Waals surface area (Å²) in [7, 11) is 3.19. The fourth-order valence-electron chi connectivity index (χ4n) is 1.05. The largest absolute Gasteiger partial charge is 0.370 e. The number of methoxy groups -OCH3 is 1. The van der Waals surface area contributed by atoms with Gasteiger partial charge in [-0.05, 0) is 0 Å². The molecule has 0 aliphatic carbocycles. The van der Waals surface area contributed by atoms with Crippen LogP contribution in [0.15, 0.2) is 0 Å². The quantitative estimate of drug-likeness (QED) is 0.520. The van der Waals surface area contributed by atoms with Crippen LogP contribution < -0.4 is 10.6 Å². The van der Waals surface area contributed by atoms with E-state index in [1.54, 1.807) is 14.2 Å². The van der Waals surface area contributed by atoms with E-state index in [0.717, 1.165) is 0 Å². The maximum Gasteiger partial charge on any atom is 0.250 e. The molecular weight excluding hydrogens is 160 g/mol. The lowest BCUT2D eigenvalue weighted by Gasteiger charge is -2.35. The van der Waals surface area contributed by atoms with Crippen LogP contribution in [0.3, 0.4) is 0 Å². The Bertz CT molecular complexity index is 163. The molecule has 2 atom stereocenters. The molecule has 1 heterocycles. The van der Waals surface area contributed by atoms with Gasteiger partial charge in [-0.1, -0.05) is 0 Å². The maximum absolute atomic E-state index is 11.1. The molecule has 0 aromatic heterocycles. The molecule has 1 aliphatic heterocycles. The average Bonchev–Trinajstić information content (AvgIpc) is 2.03. The number of rotatable bonds is 4. The highest BCUT2D eigenvalue weighted by molar-refractivity contribution is 5.82. The van der Waals surface area contributed by atoms with E-state index in [-0.39, 0.29) is 18.1 Å². The Balaban J connectivity index is 2.24. The van der Waals surface area contributed by atoms with Crippen molar-refractivity contribution in [2.75, 3.05) is 27.5 Å². The predicted molar refractivity (Wildman–Crippen MR) is 42.6 cm³/mol. The first-order valence-corrected chi connectivity index (χ1v) is 3.85. The van der Waals surface area contributed by atoms with E-state index in [9.17, 15) is 4.79 Å². The Kier molecular flexibility index (Phi) is 3.46. The van der Waals surface area contributed by atoms with Crippen molar-refractivity contribution >= 4 is 5.91 Å². The van der Waals surface area contributed by atoms with Gasteiger partial charge in [0, 0.05) is 14.2 Å². The topological polar surface area (TPSA) is 59.6 Å². The van der Waals surface area contributed by atoms with Gasteiger partial charge >= 0.3 is 0 Å². The van der Waals surface area contributed by atoms with Crippen LogP contribution in [0.4, 0.5) is 0 Å². The normalized spacial score (nSPS) is 27.8. The molecule has 0 saturated carbocycles. The molecule has 1 aliphatic rings. The minimum absolute atomic E-state index is 0.0879. The molecule has 5 nitrogen and oxygen atoms in total. The molecule has 1 saturated heterocycles. The Morgan fingerprint density at radius 2 is 2.50 bits per heavy atom. The van der Waals surface area contributed by atoms with Crippen LogP contribution in [0.2, 0.25) is 0 Å². The molecule has 12 heavy (non-hydrogen) atoms. The van der Waals surface area contributed by atoms with Gasteiger partial charge in [0.25, 0.3) is 5.91 Å². The zero-order valence-corrected chi connectivity index (χ0v) is 7.29. The molecule has 0 spiro atoms. The molecule has 1 amide bonds. The zero-order chi connectivity index (χ0) is 8.97. The number of nitrogens with one attached hydrogen (secondary N) is 2. The Morgan fingerprint density at radius 1 is 1.75 bits per heavy atom. The minimum atomic E-state index is -0.356. The summed E-state index contributed by atoms with van der Waals surface area (Å²) in [5.41, 5.74) is 0. The molecule has 1 fully saturated rings. The number of carbonyl (C=O) groups is 1. The molecule has 0 radical (unpaired) electrons. The summed E-state index contributed by atoms with van der Waals surface area (Å²) >= 11 is 0. The van der Waals surface area contributed by atoms with Gasteiger partial charge in [0.2, 0.25) is 0 Å². The van der Waals surface area contributed by atoms with Gasteiger partial charge < -0.3 is 14.8 Å². The highest BCUT2D eigenvalue weighted by atomic mass is 16.5. The van der Waals surface area contributed by atoms with Gasteiger partial charge in [-0.2, -0.15) is 0 Å². The van der Waals surface area contributed by atoms with Crippen LogP contribution >= 0.6 is 0 Å². The van der Waals surface area contributed by atoms with E-state index in [0.29, 0.717) is 13.3 Å². The molecule has 0 aromatic rings. The average molecular weight is 174 g/mol. The van der Waals surface area contributed by atoms with Crippen molar-refractivity contribution in [2.24, 2.45) is 0 Å². The Labute approximate surface area is 71.4 Å². The van der Waals surface area contributed by atoms with Gasteiger partial charge in [-0.15, -0.1) is 0 Å². The lowest BCUT2D eigenvalue weighted by molar-refractivity contribution is -0.152. The van der Waals surface area contributed by atoms with Crippen molar-refractivity contribution in [3.63, 3.8) is 0 Å². The number of hydrogen-bond acceptors (Lipinski definition) is 4. The molecule has 0 unspecified atom stereocenters. The van der Waals surface area contributed by atoms with E-state index in [2.05, 4.69) is 10.6 Å². The first kappa shape index (κ1) is 9.44.